The predicted molar refractivity (Wildman–Crippen MR) is 87.7 cm³/mol. The van der Waals surface area contributed by atoms with Gasteiger partial charge in [0.25, 0.3) is 0 Å². The van der Waals surface area contributed by atoms with Gasteiger partial charge in [0, 0.05) is 21.2 Å². The minimum atomic E-state index is -0.232. The van der Waals surface area contributed by atoms with Crippen molar-refractivity contribution < 1.29 is 9.18 Å². The van der Waals surface area contributed by atoms with Gasteiger partial charge in [-0.1, -0.05) is 0 Å². The molecular weight excluding hydrogens is 313 g/mol. The molecule has 0 bridgehead atoms. The summed E-state index contributed by atoms with van der Waals surface area (Å²) in [6.45, 7) is 0.495. The van der Waals surface area contributed by atoms with Crippen molar-refractivity contribution in [2.45, 2.75) is 25.8 Å². The molecule has 3 aromatic rings. The van der Waals surface area contributed by atoms with E-state index in [1.807, 2.05) is 12.3 Å². The van der Waals surface area contributed by atoms with Crippen LogP contribution in [0.2, 0.25) is 0 Å². The molecule has 1 amide bonds. The summed E-state index contributed by atoms with van der Waals surface area (Å²) in [5.74, 6) is -0.142. The highest BCUT2D eigenvalue weighted by Gasteiger charge is 2.25. The van der Waals surface area contributed by atoms with E-state index in [4.69, 9.17) is 0 Å². The van der Waals surface area contributed by atoms with E-state index in [0.29, 0.717) is 6.54 Å². The summed E-state index contributed by atoms with van der Waals surface area (Å²) in [5, 5.41) is 10.9. The molecule has 1 aromatic carbocycles. The van der Waals surface area contributed by atoms with Crippen molar-refractivity contribution >= 4 is 27.3 Å². The molecule has 2 N–H and O–H groups in total. The Morgan fingerprint density at radius 1 is 1.43 bits per heavy atom. The van der Waals surface area contributed by atoms with Crippen molar-refractivity contribution in [3.8, 4) is 0 Å². The predicted octanol–water partition coefficient (Wildman–Crippen LogP) is 3.18. The topological polar surface area (TPSA) is 57.8 Å². The van der Waals surface area contributed by atoms with Crippen LogP contribution < -0.4 is 5.32 Å². The average molecular weight is 329 g/mol. The maximum atomic E-state index is 13.2. The SMILES string of the molecule is O=C(NCc1cc2cc(F)ccc2s1)C1CCc2[nH]ncc2C1. The summed E-state index contributed by atoms with van der Waals surface area (Å²) < 4.78 is 14.3. The number of fused-ring (bicyclic) bond motifs is 2. The number of carbonyl (C=O) groups excluding carboxylic acids is 1. The number of hydrogen-bond donors (Lipinski definition) is 2. The van der Waals surface area contributed by atoms with Crippen LogP contribution in [0, 0.1) is 11.7 Å². The molecule has 1 unspecified atom stereocenters. The number of thiophene rings is 1. The van der Waals surface area contributed by atoms with E-state index in [2.05, 4.69) is 15.5 Å². The van der Waals surface area contributed by atoms with Crippen LogP contribution in [-0.2, 0) is 24.2 Å². The molecule has 1 atom stereocenters. The number of aromatic nitrogens is 2. The number of rotatable bonds is 3. The summed E-state index contributed by atoms with van der Waals surface area (Å²) in [4.78, 5) is 13.4. The fourth-order valence-electron chi connectivity index (χ4n) is 3.11. The van der Waals surface area contributed by atoms with Gasteiger partial charge < -0.3 is 5.32 Å². The third-order valence-electron chi connectivity index (χ3n) is 4.35. The van der Waals surface area contributed by atoms with Crippen molar-refractivity contribution in [1.82, 2.24) is 15.5 Å². The van der Waals surface area contributed by atoms with Gasteiger partial charge in [0.05, 0.1) is 12.7 Å². The Morgan fingerprint density at radius 3 is 3.26 bits per heavy atom. The molecule has 1 aliphatic carbocycles. The molecule has 4 rings (SSSR count). The van der Waals surface area contributed by atoms with Crippen LogP contribution in [-0.4, -0.2) is 16.1 Å². The zero-order valence-electron chi connectivity index (χ0n) is 12.4. The van der Waals surface area contributed by atoms with Gasteiger partial charge in [-0.05, 0) is 54.5 Å². The monoisotopic (exact) mass is 329 g/mol. The van der Waals surface area contributed by atoms with Crippen LogP contribution in [0.25, 0.3) is 10.1 Å². The average Bonchev–Trinajstić information content (AvgIpc) is 3.17. The quantitative estimate of drug-likeness (QED) is 0.775. The van der Waals surface area contributed by atoms with Gasteiger partial charge in [0.2, 0.25) is 5.91 Å². The van der Waals surface area contributed by atoms with Crippen LogP contribution in [0.15, 0.2) is 30.5 Å². The number of benzene rings is 1. The largest absolute Gasteiger partial charge is 0.351 e. The van der Waals surface area contributed by atoms with Crippen LogP contribution in [0.4, 0.5) is 4.39 Å². The molecule has 6 heteroatoms. The molecule has 0 fully saturated rings. The number of aromatic amines is 1. The Hall–Kier alpha value is -2.21. The first kappa shape index (κ1) is 14.4. The highest BCUT2D eigenvalue weighted by atomic mass is 32.1. The first-order valence-electron chi connectivity index (χ1n) is 7.66. The van der Waals surface area contributed by atoms with Gasteiger partial charge >= 0.3 is 0 Å². The molecule has 4 nitrogen and oxygen atoms in total. The molecule has 118 valence electrons. The second kappa shape index (κ2) is 5.77. The van der Waals surface area contributed by atoms with E-state index >= 15 is 0 Å². The van der Waals surface area contributed by atoms with Crippen molar-refractivity contribution in [3.63, 3.8) is 0 Å². The van der Waals surface area contributed by atoms with Crippen molar-refractivity contribution in [1.29, 1.82) is 0 Å². The van der Waals surface area contributed by atoms with E-state index in [1.165, 1.54) is 12.1 Å². The lowest BCUT2D eigenvalue weighted by molar-refractivity contribution is -0.125. The van der Waals surface area contributed by atoms with Crippen molar-refractivity contribution in [3.05, 3.63) is 52.4 Å². The zero-order chi connectivity index (χ0) is 15.8. The Kier molecular flexibility index (Phi) is 3.61. The lowest BCUT2D eigenvalue weighted by Crippen LogP contribution is -2.33. The number of nitrogens with one attached hydrogen (secondary N) is 2. The van der Waals surface area contributed by atoms with E-state index in [-0.39, 0.29) is 17.6 Å². The summed E-state index contributed by atoms with van der Waals surface area (Å²) in [6.07, 6.45) is 4.28. The maximum Gasteiger partial charge on any atom is 0.223 e. The van der Waals surface area contributed by atoms with E-state index in [9.17, 15) is 9.18 Å². The third-order valence-corrected chi connectivity index (χ3v) is 5.47. The minimum Gasteiger partial charge on any atom is -0.351 e. The molecule has 23 heavy (non-hydrogen) atoms. The zero-order valence-corrected chi connectivity index (χ0v) is 13.3. The lowest BCUT2D eigenvalue weighted by atomic mass is 9.87. The van der Waals surface area contributed by atoms with Gasteiger partial charge in [-0.2, -0.15) is 5.10 Å². The summed E-state index contributed by atoms with van der Waals surface area (Å²) in [7, 11) is 0. The number of carbonyl (C=O) groups is 1. The van der Waals surface area contributed by atoms with E-state index in [0.717, 1.165) is 45.5 Å². The van der Waals surface area contributed by atoms with Gasteiger partial charge in [-0.25, -0.2) is 4.39 Å². The molecule has 0 spiro atoms. The number of halogens is 1. The highest BCUT2D eigenvalue weighted by Crippen LogP contribution is 2.27. The molecular formula is C17H16FN3OS. The number of H-pyrrole nitrogens is 1. The fraction of sp³-hybridized carbons (Fsp3) is 0.294. The normalized spacial score (nSPS) is 17.2. The first-order valence-corrected chi connectivity index (χ1v) is 8.47. The van der Waals surface area contributed by atoms with Crippen LogP contribution in [0.3, 0.4) is 0 Å². The third kappa shape index (κ3) is 2.86. The number of amides is 1. The second-order valence-electron chi connectivity index (χ2n) is 5.93. The number of aryl methyl sites for hydroxylation is 1. The van der Waals surface area contributed by atoms with Crippen LogP contribution >= 0.6 is 11.3 Å². The number of hydrogen-bond acceptors (Lipinski definition) is 3. The summed E-state index contributed by atoms with van der Waals surface area (Å²) in [6, 6.07) is 6.71. The minimum absolute atomic E-state index is 0.00641. The summed E-state index contributed by atoms with van der Waals surface area (Å²) in [5.41, 5.74) is 2.30. The molecule has 0 radical (unpaired) electrons. The van der Waals surface area contributed by atoms with Crippen molar-refractivity contribution in [2.75, 3.05) is 0 Å². The summed E-state index contributed by atoms with van der Waals surface area (Å²) >= 11 is 1.59. The second-order valence-corrected chi connectivity index (χ2v) is 7.09. The molecule has 2 heterocycles. The van der Waals surface area contributed by atoms with Gasteiger partial charge in [-0.15, -0.1) is 11.3 Å². The molecule has 0 saturated carbocycles. The Morgan fingerprint density at radius 2 is 2.35 bits per heavy atom. The Labute approximate surface area is 136 Å². The number of nitrogens with zero attached hydrogens (tertiary/aromatic N) is 1. The van der Waals surface area contributed by atoms with E-state index < -0.39 is 0 Å². The molecule has 2 aromatic heterocycles. The highest BCUT2D eigenvalue weighted by molar-refractivity contribution is 7.19. The lowest BCUT2D eigenvalue weighted by Gasteiger charge is -2.20. The standard InChI is InChI=1S/C17H16FN3OS/c18-13-2-4-16-11(6-13)7-14(23-16)9-19-17(22)10-1-3-15-12(5-10)8-20-21-15/h2,4,6-8,10H,1,3,5,9H2,(H,19,22)(H,20,21). The smallest absolute Gasteiger partial charge is 0.223 e. The van der Waals surface area contributed by atoms with Gasteiger partial charge in [0.15, 0.2) is 0 Å². The molecule has 0 aliphatic heterocycles. The van der Waals surface area contributed by atoms with E-state index in [1.54, 1.807) is 17.4 Å². The van der Waals surface area contributed by atoms with Gasteiger partial charge in [0.1, 0.15) is 5.82 Å². The Bertz CT molecular complexity index is 870. The Balaban J connectivity index is 1.41. The first-order chi connectivity index (χ1) is 11.2. The molecule has 1 aliphatic rings. The van der Waals surface area contributed by atoms with Gasteiger partial charge in [-0.3, -0.25) is 9.89 Å². The van der Waals surface area contributed by atoms with Crippen LogP contribution in [0.1, 0.15) is 22.6 Å². The molecule has 0 saturated heterocycles. The fourth-order valence-corrected chi connectivity index (χ4v) is 4.10. The maximum absolute atomic E-state index is 13.2. The van der Waals surface area contributed by atoms with Crippen LogP contribution in [0.5, 0.6) is 0 Å². The van der Waals surface area contributed by atoms with Crippen molar-refractivity contribution in [2.24, 2.45) is 5.92 Å².